The second kappa shape index (κ2) is 7.49. The summed E-state index contributed by atoms with van der Waals surface area (Å²) < 4.78 is 11.3. The molecule has 0 radical (unpaired) electrons. The number of nitrogens with one attached hydrogen (secondary N) is 2. The summed E-state index contributed by atoms with van der Waals surface area (Å²) in [6.45, 7) is 2.25. The van der Waals surface area contributed by atoms with Crippen LogP contribution in [0, 0.1) is 30.1 Å². The van der Waals surface area contributed by atoms with E-state index in [1.165, 1.54) is 19.3 Å². The fourth-order valence-electron chi connectivity index (χ4n) is 6.06. The van der Waals surface area contributed by atoms with E-state index >= 15 is 0 Å². The van der Waals surface area contributed by atoms with Crippen molar-refractivity contribution < 1.29 is 18.7 Å². The zero-order valence-corrected chi connectivity index (χ0v) is 17.3. The van der Waals surface area contributed by atoms with E-state index in [1.807, 2.05) is 31.2 Å². The van der Waals surface area contributed by atoms with Crippen LogP contribution >= 0.6 is 0 Å². The lowest BCUT2D eigenvalue weighted by Gasteiger charge is -2.55. The Balaban J connectivity index is 1.14. The molecule has 4 bridgehead atoms. The Labute approximate surface area is 176 Å². The van der Waals surface area contributed by atoms with Gasteiger partial charge in [0.1, 0.15) is 18.1 Å². The number of hydrogen-bond acceptors (Lipinski definition) is 4. The lowest BCUT2D eigenvalue weighted by Crippen LogP contribution is -2.56. The molecule has 158 valence electrons. The van der Waals surface area contributed by atoms with Crippen LogP contribution in [0.4, 0.5) is 0 Å². The van der Waals surface area contributed by atoms with Crippen molar-refractivity contribution in [2.24, 2.45) is 23.2 Å². The smallest absolute Gasteiger partial charge is 0.305 e. The molecule has 2 N–H and O–H groups in total. The Kier molecular flexibility index (Phi) is 4.80. The summed E-state index contributed by atoms with van der Waals surface area (Å²) in [6, 6.07) is 11.0. The average Bonchev–Trinajstić information content (AvgIpc) is 3.19. The van der Waals surface area contributed by atoms with E-state index in [1.54, 1.807) is 12.1 Å². The van der Waals surface area contributed by atoms with Crippen LogP contribution in [-0.4, -0.2) is 11.8 Å². The summed E-state index contributed by atoms with van der Waals surface area (Å²) in [6.07, 6.45) is 6.71. The first-order valence-electron chi connectivity index (χ1n) is 10.9. The predicted molar refractivity (Wildman–Crippen MR) is 110 cm³/mol. The van der Waals surface area contributed by atoms with Gasteiger partial charge in [-0.1, -0.05) is 17.7 Å². The van der Waals surface area contributed by atoms with E-state index in [-0.39, 0.29) is 23.7 Å². The minimum absolute atomic E-state index is 0.0376. The molecule has 0 unspecified atom stereocenters. The van der Waals surface area contributed by atoms with E-state index in [4.69, 9.17) is 9.15 Å². The molecule has 6 heteroatoms. The molecule has 6 rings (SSSR count). The number of carbonyl (C=O) groups excluding carboxylic acids is 2. The summed E-state index contributed by atoms with van der Waals surface area (Å²) in [5.74, 6) is 3.00. The first kappa shape index (κ1) is 19.2. The van der Waals surface area contributed by atoms with Gasteiger partial charge in [-0.05, 0) is 87.5 Å². The molecule has 0 atom stereocenters. The number of ether oxygens (including phenoxy) is 1. The standard InChI is InChI=1S/C24H28N2O4/c1-15-2-4-19(5-3-15)29-14-20-6-7-21(30-20)22(27)25-26-23(28)24-11-16-8-17(12-24)10-18(9-16)13-24/h2-7,16-18H,8-14H2,1H3,(H,25,27)(H,26,28). The van der Waals surface area contributed by atoms with Gasteiger partial charge in [0.25, 0.3) is 0 Å². The third-order valence-corrected chi connectivity index (χ3v) is 7.10. The lowest BCUT2D eigenvalue weighted by molar-refractivity contribution is -0.147. The molecule has 1 heterocycles. The second-order valence-corrected chi connectivity index (χ2v) is 9.47. The van der Waals surface area contributed by atoms with Gasteiger partial charge in [0.05, 0.1) is 5.41 Å². The molecule has 1 aromatic heterocycles. The number of hydrogen-bond donors (Lipinski definition) is 2. The van der Waals surface area contributed by atoms with Gasteiger partial charge in [-0.3, -0.25) is 20.4 Å². The number of amides is 2. The molecular formula is C24H28N2O4. The maximum Gasteiger partial charge on any atom is 0.305 e. The molecule has 4 aliphatic rings. The van der Waals surface area contributed by atoms with Crippen LogP contribution in [0.1, 0.15) is 60.4 Å². The SMILES string of the molecule is Cc1ccc(OCc2ccc(C(=O)NNC(=O)C34CC5CC(CC(C5)C3)C4)o2)cc1. The maximum absolute atomic E-state index is 12.9. The van der Waals surface area contributed by atoms with Crippen LogP contribution in [0.3, 0.4) is 0 Å². The van der Waals surface area contributed by atoms with Crippen molar-refractivity contribution in [3.63, 3.8) is 0 Å². The van der Waals surface area contributed by atoms with Gasteiger partial charge in [0.15, 0.2) is 5.76 Å². The van der Waals surface area contributed by atoms with Gasteiger partial charge in [0.2, 0.25) is 5.91 Å². The molecule has 0 spiro atoms. The Hall–Kier alpha value is -2.76. The van der Waals surface area contributed by atoms with Crippen LogP contribution in [-0.2, 0) is 11.4 Å². The molecule has 4 aliphatic carbocycles. The van der Waals surface area contributed by atoms with Gasteiger partial charge in [-0.25, -0.2) is 0 Å². The lowest BCUT2D eigenvalue weighted by atomic mass is 9.49. The van der Waals surface area contributed by atoms with Crippen LogP contribution < -0.4 is 15.6 Å². The summed E-state index contributed by atoms with van der Waals surface area (Å²) >= 11 is 0. The van der Waals surface area contributed by atoms with E-state index in [0.29, 0.717) is 23.5 Å². The number of rotatable bonds is 5. The average molecular weight is 408 g/mol. The molecule has 6 nitrogen and oxygen atoms in total. The normalized spacial score (nSPS) is 28.9. The summed E-state index contributed by atoms with van der Waals surface area (Å²) in [4.78, 5) is 25.4. The Bertz CT molecular complexity index is 911. The van der Waals surface area contributed by atoms with Gasteiger partial charge in [-0.15, -0.1) is 0 Å². The first-order valence-corrected chi connectivity index (χ1v) is 10.9. The Morgan fingerprint density at radius 3 is 2.23 bits per heavy atom. The van der Waals surface area contributed by atoms with Crippen molar-refractivity contribution in [1.29, 1.82) is 0 Å². The van der Waals surface area contributed by atoms with E-state index in [9.17, 15) is 9.59 Å². The Morgan fingerprint density at radius 2 is 1.60 bits per heavy atom. The number of aryl methyl sites for hydroxylation is 1. The third-order valence-electron chi connectivity index (χ3n) is 7.10. The second-order valence-electron chi connectivity index (χ2n) is 9.47. The topological polar surface area (TPSA) is 80.6 Å². The summed E-state index contributed by atoms with van der Waals surface area (Å²) in [5.41, 5.74) is 6.09. The molecule has 30 heavy (non-hydrogen) atoms. The predicted octanol–water partition coefficient (Wildman–Crippen LogP) is 4.14. The maximum atomic E-state index is 12.9. The summed E-state index contributed by atoms with van der Waals surface area (Å²) in [7, 11) is 0. The van der Waals surface area contributed by atoms with Gasteiger partial charge in [0, 0.05) is 0 Å². The Morgan fingerprint density at radius 1 is 0.967 bits per heavy atom. The third kappa shape index (κ3) is 3.71. The fraction of sp³-hybridized carbons (Fsp3) is 0.500. The summed E-state index contributed by atoms with van der Waals surface area (Å²) in [5, 5.41) is 0. The zero-order valence-electron chi connectivity index (χ0n) is 17.3. The highest BCUT2D eigenvalue weighted by atomic mass is 16.5. The molecular weight excluding hydrogens is 380 g/mol. The highest BCUT2D eigenvalue weighted by Gasteiger charge is 2.54. The van der Waals surface area contributed by atoms with Crippen molar-refractivity contribution in [3.8, 4) is 5.75 Å². The van der Waals surface area contributed by atoms with Crippen molar-refractivity contribution in [2.75, 3.05) is 0 Å². The van der Waals surface area contributed by atoms with Crippen molar-refractivity contribution >= 4 is 11.8 Å². The molecule has 1 aromatic carbocycles. The van der Waals surface area contributed by atoms with Gasteiger partial charge >= 0.3 is 5.91 Å². The molecule has 4 fully saturated rings. The highest BCUT2D eigenvalue weighted by Crippen LogP contribution is 2.60. The fourth-order valence-corrected chi connectivity index (χ4v) is 6.06. The van der Waals surface area contributed by atoms with Crippen molar-refractivity contribution in [2.45, 2.75) is 52.1 Å². The van der Waals surface area contributed by atoms with Crippen LogP contribution in [0.15, 0.2) is 40.8 Å². The minimum Gasteiger partial charge on any atom is -0.486 e. The largest absolute Gasteiger partial charge is 0.486 e. The molecule has 2 amide bonds. The molecule has 0 aliphatic heterocycles. The zero-order chi connectivity index (χ0) is 20.7. The highest BCUT2D eigenvalue weighted by molar-refractivity contribution is 5.93. The van der Waals surface area contributed by atoms with E-state index in [2.05, 4.69) is 10.9 Å². The molecule has 0 saturated heterocycles. The van der Waals surface area contributed by atoms with Gasteiger partial charge < -0.3 is 9.15 Å². The minimum atomic E-state index is -0.449. The quantitative estimate of drug-likeness (QED) is 0.729. The van der Waals surface area contributed by atoms with Crippen LogP contribution in [0.25, 0.3) is 0 Å². The number of hydrazine groups is 1. The van der Waals surface area contributed by atoms with Crippen molar-refractivity contribution in [3.05, 3.63) is 53.5 Å². The monoisotopic (exact) mass is 408 g/mol. The van der Waals surface area contributed by atoms with Crippen molar-refractivity contribution in [1.82, 2.24) is 10.9 Å². The first-order chi connectivity index (χ1) is 14.5. The molecule has 2 aromatic rings. The number of carbonyl (C=O) groups is 2. The number of benzene rings is 1. The van der Waals surface area contributed by atoms with E-state index in [0.717, 1.165) is 30.6 Å². The molecule has 4 saturated carbocycles. The van der Waals surface area contributed by atoms with Gasteiger partial charge in [-0.2, -0.15) is 0 Å². The van der Waals surface area contributed by atoms with Crippen LogP contribution in [0.2, 0.25) is 0 Å². The van der Waals surface area contributed by atoms with E-state index < -0.39 is 5.91 Å². The van der Waals surface area contributed by atoms with Crippen LogP contribution in [0.5, 0.6) is 5.75 Å². The number of furan rings is 1.